The van der Waals surface area contributed by atoms with Crippen LogP contribution in [-0.4, -0.2) is 36.0 Å². The molecule has 4 rings (SSSR count). The number of nitrogens with one attached hydrogen (secondary N) is 2. The largest absolute Gasteiger partial charge is 0.359 e. The van der Waals surface area contributed by atoms with Gasteiger partial charge in [0.2, 0.25) is 11.9 Å². The third-order valence-electron chi connectivity index (χ3n) is 5.19. The molecule has 1 saturated heterocycles. The molecule has 140 valence electrons. The number of aryl methyl sites for hydroxylation is 1. The van der Waals surface area contributed by atoms with E-state index < -0.39 is 0 Å². The molecule has 0 unspecified atom stereocenters. The summed E-state index contributed by atoms with van der Waals surface area (Å²) in [6.07, 6.45) is 1.75. The number of benzene rings is 1. The van der Waals surface area contributed by atoms with Crippen molar-refractivity contribution in [1.82, 2.24) is 15.3 Å². The van der Waals surface area contributed by atoms with Gasteiger partial charge in [0.1, 0.15) is 4.70 Å². The van der Waals surface area contributed by atoms with Crippen molar-refractivity contribution in [2.75, 3.05) is 25.0 Å². The van der Waals surface area contributed by atoms with Gasteiger partial charge in [-0.25, -0.2) is 4.98 Å². The SMILES string of the molecule is CNC(=O)[C@H]1CCCN(c2nc3c(-c4ccccc4C)csc3c(=O)[nH]2)C1. The lowest BCUT2D eigenvalue weighted by atomic mass is 9.97. The Bertz CT molecular complexity index is 1060. The average Bonchev–Trinajstić information content (AvgIpc) is 3.12. The number of aromatic nitrogens is 2. The molecule has 1 fully saturated rings. The van der Waals surface area contributed by atoms with E-state index in [4.69, 9.17) is 4.98 Å². The van der Waals surface area contributed by atoms with Crippen LogP contribution in [0, 0.1) is 12.8 Å². The molecule has 0 radical (unpaired) electrons. The van der Waals surface area contributed by atoms with Gasteiger partial charge in [-0.3, -0.25) is 14.6 Å². The van der Waals surface area contributed by atoms with Crippen LogP contribution in [0.3, 0.4) is 0 Å². The van der Waals surface area contributed by atoms with E-state index in [1.807, 2.05) is 22.4 Å². The number of fused-ring (bicyclic) bond motifs is 1. The third kappa shape index (κ3) is 3.23. The zero-order valence-electron chi connectivity index (χ0n) is 15.4. The van der Waals surface area contributed by atoms with Crippen LogP contribution in [0.2, 0.25) is 0 Å². The predicted octanol–water partition coefficient (Wildman–Crippen LogP) is 2.92. The van der Waals surface area contributed by atoms with Crippen molar-refractivity contribution >= 4 is 33.4 Å². The van der Waals surface area contributed by atoms with Crippen LogP contribution in [0.15, 0.2) is 34.4 Å². The number of hydrogen-bond acceptors (Lipinski definition) is 5. The van der Waals surface area contributed by atoms with Crippen molar-refractivity contribution in [3.8, 4) is 11.1 Å². The highest BCUT2D eigenvalue weighted by Gasteiger charge is 2.27. The molecule has 0 aliphatic carbocycles. The Morgan fingerprint density at radius 2 is 2.15 bits per heavy atom. The Hall–Kier alpha value is -2.67. The topological polar surface area (TPSA) is 78.1 Å². The number of H-pyrrole nitrogens is 1. The summed E-state index contributed by atoms with van der Waals surface area (Å²) in [6.45, 7) is 3.41. The Morgan fingerprint density at radius 3 is 2.93 bits per heavy atom. The molecule has 6 nitrogen and oxygen atoms in total. The molecule has 3 aromatic rings. The maximum Gasteiger partial charge on any atom is 0.270 e. The van der Waals surface area contributed by atoms with Gasteiger partial charge < -0.3 is 10.2 Å². The molecule has 0 saturated carbocycles. The van der Waals surface area contributed by atoms with Crippen molar-refractivity contribution in [2.45, 2.75) is 19.8 Å². The monoisotopic (exact) mass is 382 g/mol. The molecule has 1 aliphatic rings. The van der Waals surface area contributed by atoms with E-state index in [1.165, 1.54) is 11.3 Å². The molecule has 3 heterocycles. The zero-order valence-corrected chi connectivity index (χ0v) is 16.2. The summed E-state index contributed by atoms with van der Waals surface area (Å²) in [7, 11) is 1.66. The number of nitrogens with zero attached hydrogens (tertiary/aromatic N) is 2. The first-order valence-corrected chi connectivity index (χ1v) is 10.0. The number of rotatable bonds is 3. The van der Waals surface area contributed by atoms with Crippen LogP contribution in [0.4, 0.5) is 5.95 Å². The second-order valence-corrected chi connectivity index (χ2v) is 7.81. The van der Waals surface area contributed by atoms with E-state index in [9.17, 15) is 9.59 Å². The second kappa shape index (κ2) is 7.15. The first-order valence-electron chi connectivity index (χ1n) is 9.12. The second-order valence-electron chi connectivity index (χ2n) is 6.93. The minimum absolute atomic E-state index is 0.0410. The minimum atomic E-state index is -0.123. The summed E-state index contributed by atoms with van der Waals surface area (Å²) in [5.41, 5.74) is 3.84. The molecule has 27 heavy (non-hydrogen) atoms. The fourth-order valence-corrected chi connectivity index (χ4v) is 4.62. The summed E-state index contributed by atoms with van der Waals surface area (Å²) in [6, 6.07) is 8.12. The van der Waals surface area contributed by atoms with E-state index in [0.717, 1.165) is 41.6 Å². The normalized spacial score (nSPS) is 17.3. The van der Waals surface area contributed by atoms with E-state index in [0.29, 0.717) is 17.2 Å². The highest BCUT2D eigenvalue weighted by atomic mass is 32.1. The van der Waals surface area contributed by atoms with E-state index in [-0.39, 0.29) is 17.4 Å². The standard InChI is InChI=1S/C20H22N4O2S/c1-12-6-3-4-8-14(12)15-11-27-17-16(15)22-20(23-19(17)26)24-9-5-7-13(10-24)18(25)21-2/h3-4,6,8,11,13H,5,7,9-10H2,1-2H3,(H,21,25)(H,22,23,26)/t13-/m0/s1. The fourth-order valence-electron chi connectivity index (χ4n) is 3.72. The van der Waals surface area contributed by atoms with Gasteiger partial charge in [0.05, 0.1) is 11.4 Å². The van der Waals surface area contributed by atoms with E-state index in [1.54, 1.807) is 7.05 Å². The minimum Gasteiger partial charge on any atom is -0.359 e. The summed E-state index contributed by atoms with van der Waals surface area (Å²) in [5, 5.41) is 4.73. The molecule has 1 aliphatic heterocycles. The van der Waals surface area contributed by atoms with E-state index >= 15 is 0 Å². The van der Waals surface area contributed by atoms with Crippen molar-refractivity contribution in [1.29, 1.82) is 0 Å². The summed E-state index contributed by atoms with van der Waals surface area (Å²) in [4.78, 5) is 34.4. The van der Waals surface area contributed by atoms with Crippen LogP contribution in [0.25, 0.3) is 21.3 Å². The highest BCUT2D eigenvalue weighted by Crippen LogP contribution is 2.33. The number of hydrogen-bond donors (Lipinski definition) is 2. The van der Waals surface area contributed by atoms with Crippen LogP contribution >= 0.6 is 11.3 Å². The molecule has 1 amide bonds. The molecule has 0 spiro atoms. The van der Waals surface area contributed by atoms with Gasteiger partial charge in [0.15, 0.2) is 0 Å². The van der Waals surface area contributed by atoms with Gasteiger partial charge in [-0.2, -0.15) is 0 Å². The highest BCUT2D eigenvalue weighted by molar-refractivity contribution is 7.17. The van der Waals surface area contributed by atoms with Crippen molar-refractivity contribution in [2.24, 2.45) is 5.92 Å². The fraction of sp³-hybridized carbons (Fsp3) is 0.350. The molecule has 1 atom stereocenters. The number of carbonyl (C=O) groups excluding carboxylic acids is 1. The first kappa shape index (κ1) is 17.7. The van der Waals surface area contributed by atoms with Gasteiger partial charge in [-0.1, -0.05) is 24.3 Å². The van der Waals surface area contributed by atoms with E-state index in [2.05, 4.69) is 29.4 Å². The lowest BCUT2D eigenvalue weighted by Crippen LogP contribution is -2.43. The number of carbonyl (C=O) groups is 1. The van der Waals surface area contributed by atoms with Gasteiger partial charge in [-0.05, 0) is 30.9 Å². The lowest BCUT2D eigenvalue weighted by Gasteiger charge is -2.32. The number of aromatic amines is 1. The quantitative estimate of drug-likeness (QED) is 0.730. The lowest BCUT2D eigenvalue weighted by molar-refractivity contribution is -0.124. The number of amides is 1. The Kier molecular flexibility index (Phi) is 4.70. The number of thiophene rings is 1. The van der Waals surface area contributed by atoms with Crippen LogP contribution < -0.4 is 15.8 Å². The Morgan fingerprint density at radius 1 is 1.33 bits per heavy atom. The zero-order chi connectivity index (χ0) is 19.0. The Balaban J connectivity index is 1.77. The molecule has 2 N–H and O–H groups in total. The molecule has 1 aromatic carbocycles. The molecule has 2 aromatic heterocycles. The third-order valence-corrected chi connectivity index (χ3v) is 6.16. The maximum absolute atomic E-state index is 12.7. The predicted molar refractivity (Wildman–Crippen MR) is 109 cm³/mol. The van der Waals surface area contributed by atoms with Crippen molar-refractivity contribution in [3.63, 3.8) is 0 Å². The molecular formula is C20H22N4O2S. The van der Waals surface area contributed by atoms with Gasteiger partial charge in [0, 0.05) is 31.1 Å². The summed E-state index contributed by atoms with van der Waals surface area (Å²) in [5.74, 6) is 0.511. The van der Waals surface area contributed by atoms with Crippen molar-refractivity contribution in [3.05, 3.63) is 45.6 Å². The van der Waals surface area contributed by atoms with Gasteiger partial charge in [0.25, 0.3) is 5.56 Å². The first-order chi connectivity index (χ1) is 13.1. The molecular weight excluding hydrogens is 360 g/mol. The number of piperidine rings is 1. The van der Waals surface area contributed by atoms with Crippen LogP contribution in [0.1, 0.15) is 18.4 Å². The van der Waals surface area contributed by atoms with Gasteiger partial charge in [-0.15, -0.1) is 11.3 Å². The smallest absolute Gasteiger partial charge is 0.270 e. The molecule has 7 heteroatoms. The van der Waals surface area contributed by atoms with Crippen molar-refractivity contribution < 1.29 is 4.79 Å². The number of anilines is 1. The Labute approximate surface area is 161 Å². The summed E-state index contributed by atoms with van der Waals surface area (Å²) < 4.78 is 0.636. The van der Waals surface area contributed by atoms with Crippen LogP contribution in [0.5, 0.6) is 0 Å². The average molecular weight is 382 g/mol. The summed E-state index contributed by atoms with van der Waals surface area (Å²) >= 11 is 1.42. The van der Waals surface area contributed by atoms with Crippen LogP contribution in [-0.2, 0) is 4.79 Å². The molecule has 0 bridgehead atoms. The van der Waals surface area contributed by atoms with Gasteiger partial charge >= 0.3 is 0 Å². The maximum atomic E-state index is 12.7.